The number of carboxylic acid groups (broad SMARTS) is 1. The lowest BCUT2D eigenvalue weighted by Gasteiger charge is -2.07. The Bertz CT molecular complexity index is 667. The van der Waals surface area contributed by atoms with Gasteiger partial charge >= 0.3 is 5.97 Å². The number of carboxylic acids is 1. The van der Waals surface area contributed by atoms with Crippen LogP contribution < -0.4 is 0 Å². The van der Waals surface area contributed by atoms with Crippen LogP contribution in [0.2, 0.25) is 5.02 Å². The zero-order chi connectivity index (χ0) is 14.0. The monoisotopic (exact) mass is 386 g/mol. The molecule has 0 aliphatic rings. The Morgan fingerprint density at radius 1 is 1.00 bits per heavy atom. The quantitative estimate of drug-likeness (QED) is 0.643. The summed E-state index contributed by atoms with van der Waals surface area (Å²) in [7, 11) is 0. The molecule has 2 aromatic rings. The Hall–Kier alpha value is -1.40. The van der Waals surface area contributed by atoms with Gasteiger partial charge in [0.15, 0.2) is 5.78 Å². The van der Waals surface area contributed by atoms with E-state index in [1.807, 2.05) is 22.6 Å². The maximum Gasteiger partial charge on any atom is 0.336 e. The molecule has 0 bridgehead atoms. The maximum absolute atomic E-state index is 12.4. The third kappa shape index (κ3) is 2.96. The van der Waals surface area contributed by atoms with Crippen LogP contribution in [0.5, 0.6) is 0 Å². The van der Waals surface area contributed by atoms with E-state index in [0.29, 0.717) is 10.6 Å². The summed E-state index contributed by atoms with van der Waals surface area (Å²) in [5, 5.41) is 9.55. The highest BCUT2D eigenvalue weighted by atomic mass is 127. The second kappa shape index (κ2) is 5.71. The fraction of sp³-hybridized carbons (Fsp3) is 0. The lowest BCUT2D eigenvalue weighted by atomic mass is 9.98. The summed E-state index contributed by atoms with van der Waals surface area (Å²) in [6.45, 7) is 0. The Balaban J connectivity index is 2.56. The first kappa shape index (κ1) is 14.0. The van der Waals surface area contributed by atoms with Crippen LogP contribution in [0, 0.1) is 3.57 Å². The van der Waals surface area contributed by atoms with Crippen molar-refractivity contribution in [1.29, 1.82) is 0 Å². The Kier molecular flexibility index (Phi) is 4.21. The van der Waals surface area contributed by atoms with Gasteiger partial charge in [0.25, 0.3) is 0 Å². The summed E-state index contributed by atoms with van der Waals surface area (Å²) in [5.74, 6) is -1.47. The van der Waals surface area contributed by atoms with E-state index in [0.717, 1.165) is 3.57 Å². The van der Waals surface area contributed by atoms with Crippen LogP contribution >= 0.6 is 34.2 Å². The molecule has 0 radical (unpaired) electrons. The molecule has 0 fully saturated rings. The first-order valence-corrected chi connectivity index (χ1v) is 6.78. The number of hydrogen-bond acceptors (Lipinski definition) is 2. The summed E-state index contributed by atoms with van der Waals surface area (Å²) in [4.78, 5) is 23.5. The number of carbonyl (C=O) groups excluding carboxylic acids is 1. The minimum absolute atomic E-state index is 0.0109. The van der Waals surface area contributed by atoms with Crippen molar-refractivity contribution in [2.24, 2.45) is 0 Å². The molecular formula is C14H8ClIO3. The second-order valence-corrected chi connectivity index (χ2v) is 5.40. The van der Waals surface area contributed by atoms with Crippen molar-refractivity contribution in [1.82, 2.24) is 0 Å². The third-order valence-electron chi connectivity index (χ3n) is 2.58. The van der Waals surface area contributed by atoms with Crippen LogP contribution in [-0.2, 0) is 0 Å². The lowest BCUT2D eigenvalue weighted by molar-refractivity contribution is 0.0693. The molecule has 1 N–H and O–H groups in total. The average molecular weight is 387 g/mol. The average Bonchev–Trinajstić information content (AvgIpc) is 2.40. The van der Waals surface area contributed by atoms with Gasteiger partial charge in [0.05, 0.1) is 5.56 Å². The fourth-order valence-electron chi connectivity index (χ4n) is 1.68. The molecule has 0 aromatic heterocycles. The SMILES string of the molecule is O=C(O)c1ccccc1C(=O)c1cc(Cl)ccc1I. The third-order valence-corrected chi connectivity index (χ3v) is 3.75. The summed E-state index contributed by atoms with van der Waals surface area (Å²) in [5.41, 5.74) is 0.556. The number of ketones is 1. The predicted octanol–water partition coefficient (Wildman–Crippen LogP) is 3.87. The molecule has 0 unspecified atom stereocenters. The Morgan fingerprint density at radius 3 is 2.26 bits per heavy atom. The molecule has 0 aliphatic heterocycles. The number of rotatable bonds is 3. The van der Waals surface area contributed by atoms with E-state index in [4.69, 9.17) is 16.7 Å². The number of halogens is 2. The zero-order valence-corrected chi connectivity index (χ0v) is 12.5. The van der Waals surface area contributed by atoms with E-state index in [1.165, 1.54) is 12.1 Å². The Morgan fingerprint density at radius 2 is 1.63 bits per heavy atom. The highest BCUT2D eigenvalue weighted by Crippen LogP contribution is 2.22. The molecule has 5 heteroatoms. The first-order chi connectivity index (χ1) is 9.00. The van der Waals surface area contributed by atoms with Crippen molar-refractivity contribution < 1.29 is 14.7 Å². The van der Waals surface area contributed by atoms with Crippen molar-refractivity contribution >= 4 is 45.9 Å². The van der Waals surface area contributed by atoms with Gasteiger partial charge in [-0.1, -0.05) is 29.8 Å². The van der Waals surface area contributed by atoms with Crippen molar-refractivity contribution in [3.63, 3.8) is 0 Å². The summed E-state index contributed by atoms with van der Waals surface area (Å²) in [6.07, 6.45) is 0. The second-order valence-electron chi connectivity index (χ2n) is 3.80. The topological polar surface area (TPSA) is 54.4 Å². The van der Waals surface area contributed by atoms with E-state index in [1.54, 1.807) is 30.3 Å². The fourth-order valence-corrected chi connectivity index (χ4v) is 2.44. The normalized spacial score (nSPS) is 10.2. The van der Waals surface area contributed by atoms with Crippen LogP contribution in [0.25, 0.3) is 0 Å². The molecule has 2 aromatic carbocycles. The van der Waals surface area contributed by atoms with E-state index in [9.17, 15) is 9.59 Å². The molecule has 0 heterocycles. The molecule has 0 amide bonds. The smallest absolute Gasteiger partial charge is 0.336 e. The van der Waals surface area contributed by atoms with E-state index in [-0.39, 0.29) is 16.9 Å². The van der Waals surface area contributed by atoms with Gasteiger partial charge in [0, 0.05) is 19.7 Å². The Labute approximate surface area is 128 Å². The van der Waals surface area contributed by atoms with Gasteiger partial charge in [0.2, 0.25) is 0 Å². The molecule has 3 nitrogen and oxygen atoms in total. The van der Waals surface area contributed by atoms with Gasteiger partial charge in [-0.05, 0) is 46.9 Å². The van der Waals surface area contributed by atoms with Gasteiger partial charge in [-0.2, -0.15) is 0 Å². The molecule has 0 atom stereocenters. The van der Waals surface area contributed by atoms with Crippen LogP contribution in [-0.4, -0.2) is 16.9 Å². The van der Waals surface area contributed by atoms with Crippen molar-refractivity contribution in [3.05, 3.63) is 67.7 Å². The van der Waals surface area contributed by atoms with E-state index in [2.05, 4.69) is 0 Å². The van der Waals surface area contributed by atoms with Gasteiger partial charge in [-0.15, -0.1) is 0 Å². The molecule has 2 rings (SSSR count). The molecular weight excluding hydrogens is 379 g/mol. The van der Waals surface area contributed by atoms with Crippen LogP contribution in [0.1, 0.15) is 26.3 Å². The first-order valence-electron chi connectivity index (χ1n) is 5.33. The highest BCUT2D eigenvalue weighted by molar-refractivity contribution is 14.1. The maximum atomic E-state index is 12.4. The lowest BCUT2D eigenvalue weighted by Crippen LogP contribution is -2.10. The highest BCUT2D eigenvalue weighted by Gasteiger charge is 2.19. The molecule has 0 aliphatic carbocycles. The number of aromatic carboxylic acids is 1. The summed E-state index contributed by atoms with van der Waals surface area (Å²) < 4.78 is 0.729. The largest absolute Gasteiger partial charge is 0.478 e. The minimum Gasteiger partial charge on any atom is -0.478 e. The standard InChI is InChI=1S/C14H8ClIO3/c15-8-5-6-12(16)11(7-8)13(17)9-3-1-2-4-10(9)14(18)19/h1-7H,(H,18,19). The van der Waals surface area contributed by atoms with Crippen LogP contribution in [0.15, 0.2) is 42.5 Å². The number of benzene rings is 2. The van der Waals surface area contributed by atoms with Crippen molar-refractivity contribution in [3.8, 4) is 0 Å². The minimum atomic E-state index is -1.12. The predicted molar refractivity (Wildman–Crippen MR) is 81.0 cm³/mol. The number of carbonyl (C=O) groups is 2. The number of hydrogen-bond donors (Lipinski definition) is 1. The molecule has 96 valence electrons. The van der Waals surface area contributed by atoms with Gasteiger partial charge in [-0.3, -0.25) is 4.79 Å². The van der Waals surface area contributed by atoms with Crippen LogP contribution in [0.3, 0.4) is 0 Å². The van der Waals surface area contributed by atoms with Gasteiger partial charge in [0.1, 0.15) is 0 Å². The van der Waals surface area contributed by atoms with Crippen molar-refractivity contribution in [2.75, 3.05) is 0 Å². The molecule has 0 saturated heterocycles. The van der Waals surface area contributed by atoms with Crippen molar-refractivity contribution in [2.45, 2.75) is 0 Å². The van der Waals surface area contributed by atoms with Gasteiger partial charge in [-0.25, -0.2) is 4.79 Å². The summed E-state index contributed by atoms with van der Waals surface area (Å²) >= 11 is 7.90. The zero-order valence-electron chi connectivity index (χ0n) is 9.56. The molecule has 0 saturated carbocycles. The molecule has 0 spiro atoms. The van der Waals surface area contributed by atoms with E-state index >= 15 is 0 Å². The van der Waals surface area contributed by atoms with E-state index < -0.39 is 5.97 Å². The van der Waals surface area contributed by atoms with Gasteiger partial charge < -0.3 is 5.11 Å². The summed E-state index contributed by atoms with van der Waals surface area (Å²) in [6, 6.07) is 11.1. The molecule has 19 heavy (non-hydrogen) atoms. The van der Waals surface area contributed by atoms with Crippen LogP contribution in [0.4, 0.5) is 0 Å².